The second kappa shape index (κ2) is 9.49. The van der Waals surface area contributed by atoms with Gasteiger partial charge in [0.25, 0.3) is 5.91 Å². The summed E-state index contributed by atoms with van der Waals surface area (Å²) in [7, 11) is 0. The zero-order chi connectivity index (χ0) is 20.1. The fourth-order valence-electron chi connectivity index (χ4n) is 4.14. The maximum atomic E-state index is 12.5. The Morgan fingerprint density at radius 1 is 1.38 bits per heavy atom. The standard InChI is InChI=1S/C20H32N8O/c1-2-3-7-26-8-9-28-18(14-26)10-17(24-28)12-22-20(29)19-15-27(25-23-19)13-16-5-4-6-21-11-16/h10,15-16,21H,2-9,11-14H2,1H3,(H,22,29). The third-order valence-corrected chi connectivity index (χ3v) is 5.80. The Hall–Kier alpha value is -2.26. The number of piperidine rings is 1. The van der Waals surface area contributed by atoms with Gasteiger partial charge in [0, 0.05) is 19.6 Å². The van der Waals surface area contributed by atoms with E-state index in [1.54, 1.807) is 10.9 Å². The molecular formula is C20H32N8O. The van der Waals surface area contributed by atoms with Gasteiger partial charge in [-0.1, -0.05) is 18.6 Å². The van der Waals surface area contributed by atoms with Crippen LogP contribution >= 0.6 is 0 Å². The van der Waals surface area contributed by atoms with Gasteiger partial charge in [0.15, 0.2) is 5.69 Å². The predicted molar refractivity (Wildman–Crippen MR) is 109 cm³/mol. The van der Waals surface area contributed by atoms with Crippen LogP contribution in [0.1, 0.15) is 54.5 Å². The number of rotatable bonds is 8. The Morgan fingerprint density at radius 3 is 3.14 bits per heavy atom. The summed E-state index contributed by atoms with van der Waals surface area (Å²) < 4.78 is 3.85. The number of fused-ring (bicyclic) bond motifs is 1. The number of amides is 1. The highest BCUT2D eigenvalue weighted by Crippen LogP contribution is 2.15. The van der Waals surface area contributed by atoms with E-state index in [9.17, 15) is 4.79 Å². The van der Waals surface area contributed by atoms with Crippen molar-refractivity contribution in [1.29, 1.82) is 0 Å². The van der Waals surface area contributed by atoms with Crippen LogP contribution in [0, 0.1) is 5.92 Å². The molecule has 1 atom stereocenters. The van der Waals surface area contributed by atoms with E-state index in [1.807, 2.05) is 0 Å². The Balaban J connectivity index is 1.27. The van der Waals surface area contributed by atoms with Crippen molar-refractivity contribution >= 4 is 5.91 Å². The molecule has 0 radical (unpaired) electrons. The molecule has 2 aromatic rings. The number of unbranched alkanes of at least 4 members (excludes halogenated alkanes) is 1. The van der Waals surface area contributed by atoms with E-state index in [4.69, 9.17) is 0 Å². The lowest BCUT2D eigenvalue weighted by Gasteiger charge is -2.27. The number of carbonyl (C=O) groups excluding carboxylic acids is 1. The summed E-state index contributed by atoms with van der Waals surface area (Å²) in [5.74, 6) is 0.351. The van der Waals surface area contributed by atoms with Crippen LogP contribution < -0.4 is 10.6 Å². The lowest BCUT2D eigenvalue weighted by atomic mass is 10.00. The first-order valence-corrected chi connectivity index (χ1v) is 10.9. The highest BCUT2D eigenvalue weighted by Gasteiger charge is 2.19. The molecule has 2 aromatic heterocycles. The molecule has 1 unspecified atom stereocenters. The first-order valence-electron chi connectivity index (χ1n) is 10.9. The average Bonchev–Trinajstić information content (AvgIpc) is 3.37. The molecule has 158 valence electrons. The fraction of sp³-hybridized carbons (Fsp3) is 0.700. The predicted octanol–water partition coefficient (Wildman–Crippen LogP) is 1.02. The van der Waals surface area contributed by atoms with Crippen molar-refractivity contribution in [3.8, 4) is 0 Å². The lowest BCUT2D eigenvalue weighted by molar-refractivity contribution is 0.0945. The SMILES string of the molecule is CCCCN1CCn2nc(CNC(=O)c3cn(CC4CCCNC4)nn3)cc2C1. The lowest BCUT2D eigenvalue weighted by Crippen LogP contribution is -2.34. The van der Waals surface area contributed by atoms with E-state index in [0.717, 1.165) is 51.5 Å². The van der Waals surface area contributed by atoms with Crippen molar-refractivity contribution in [2.75, 3.05) is 26.2 Å². The van der Waals surface area contributed by atoms with Crippen LogP contribution in [-0.4, -0.2) is 61.8 Å². The number of nitrogens with zero attached hydrogens (tertiary/aromatic N) is 6. The quantitative estimate of drug-likeness (QED) is 0.687. The largest absolute Gasteiger partial charge is 0.345 e. The normalized spacial score (nSPS) is 19.8. The van der Waals surface area contributed by atoms with Gasteiger partial charge in [-0.2, -0.15) is 5.10 Å². The molecule has 0 aliphatic carbocycles. The molecule has 9 nitrogen and oxygen atoms in total. The van der Waals surface area contributed by atoms with Crippen LogP contribution in [0.2, 0.25) is 0 Å². The highest BCUT2D eigenvalue weighted by molar-refractivity contribution is 5.91. The number of nitrogens with one attached hydrogen (secondary N) is 2. The van der Waals surface area contributed by atoms with E-state index in [-0.39, 0.29) is 5.91 Å². The summed E-state index contributed by atoms with van der Waals surface area (Å²) in [6, 6.07) is 2.10. The second-order valence-corrected chi connectivity index (χ2v) is 8.20. The molecule has 1 saturated heterocycles. The van der Waals surface area contributed by atoms with E-state index in [2.05, 4.69) is 48.6 Å². The highest BCUT2D eigenvalue weighted by atomic mass is 16.2. The second-order valence-electron chi connectivity index (χ2n) is 8.20. The van der Waals surface area contributed by atoms with Crippen LogP contribution in [0.4, 0.5) is 0 Å². The van der Waals surface area contributed by atoms with Gasteiger partial charge in [-0.3, -0.25) is 19.1 Å². The minimum atomic E-state index is -0.200. The maximum absolute atomic E-state index is 12.5. The molecule has 0 saturated carbocycles. The molecule has 29 heavy (non-hydrogen) atoms. The zero-order valence-electron chi connectivity index (χ0n) is 17.3. The summed E-state index contributed by atoms with van der Waals surface area (Å²) in [6.07, 6.45) is 6.57. The molecule has 0 aromatic carbocycles. The first-order chi connectivity index (χ1) is 14.2. The third-order valence-electron chi connectivity index (χ3n) is 5.80. The minimum absolute atomic E-state index is 0.200. The van der Waals surface area contributed by atoms with Crippen molar-refractivity contribution in [3.05, 3.63) is 29.3 Å². The third kappa shape index (κ3) is 5.22. The smallest absolute Gasteiger partial charge is 0.273 e. The molecule has 2 aliphatic heterocycles. The van der Waals surface area contributed by atoms with Gasteiger partial charge in [0.1, 0.15) is 0 Å². The van der Waals surface area contributed by atoms with Gasteiger partial charge >= 0.3 is 0 Å². The molecular weight excluding hydrogens is 368 g/mol. The van der Waals surface area contributed by atoms with Gasteiger partial charge in [-0.25, -0.2) is 0 Å². The molecule has 0 bridgehead atoms. The fourth-order valence-corrected chi connectivity index (χ4v) is 4.14. The summed E-state index contributed by atoms with van der Waals surface area (Å²) in [5, 5.41) is 19.1. The van der Waals surface area contributed by atoms with E-state index < -0.39 is 0 Å². The molecule has 1 amide bonds. The molecule has 4 rings (SSSR count). The monoisotopic (exact) mass is 400 g/mol. The summed E-state index contributed by atoms with van der Waals surface area (Å²) in [5.41, 5.74) is 2.48. The van der Waals surface area contributed by atoms with Crippen molar-refractivity contribution < 1.29 is 4.79 Å². The van der Waals surface area contributed by atoms with Gasteiger partial charge < -0.3 is 10.6 Å². The topological polar surface area (TPSA) is 92.9 Å². The molecule has 9 heteroatoms. The molecule has 0 spiro atoms. The summed E-state index contributed by atoms with van der Waals surface area (Å²) in [4.78, 5) is 14.9. The first kappa shape index (κ1) is 20.0. The maximum Gasteiger partial charge on any atom is 0.273 e. The number of hydrogen-bond donors (Lipinski definition) is 2. The zero-order valence-corrected chi connectivity index (χ0v) is 17.3. The van der Waals surface area contributed by atoms with Crippen LogP contribution in [0.3, 0.4) is 0 Å². The average molecular weight is 401 g/mol. The van der Waals surface area contributed by atoms with E-state index >= 15 is 0 Å². The number of aromatic nitrogens is 5. The van der Waals surface area contributed by atoms with Crippen molar-refractivity contribution in [1.82, 2.24) is 40.3 Å². The molecule has 4 heterocycles. The number of carbonyl (C=O) groups is 1. The Labute approximate surface area is 171 Å². The van der Waals surface area contributed by atoms with Crippen molar-refractivity contribution in [3.63, 3.8) is 0 Å². The van der Waals surface area contributed by atoms with Gasteiger partial charge in [-0.05, 0) is 50.9 Å². The molecule has 2 aliphatic rings. The van der Waals surface area contributed by atoms with Crippen LogP contribution in [0.5, 0.6) is 0 Å². The van der Waals surface area contributed by atoms with Crippen LogP contribution in [0.25, 0.3) is 0 Å². The van der Waals surface area contributed by atoms with Crippen molar-refractivity contribution in [2.45, 2.75) is 58.8 Å². The van der Waals surface area contributed by atoms with Gasteiger partial charge in [0.05, 0.1) is 30.7 Å². The molecule has 1 fully saturated rings. The van der Waals surface area contributed by atoms with Crippen LogP contribution in [0.15, 0.2) is 12.3 Å². The van der Waals surface area contributed by atoms with Crippen LogP contribution in [-0.2, 0) is 26.2 Å². The minimum Gasteiger partial charge on any atom is -0.345 e. The van der Waals surface area contributed by atoms with Gasteiger partial charge in [0.2, 0.25) is 0 Å². The van der Waals surface area contributed by atoms with E-state index in [0.29, 0.717) is 18.2 Å². The summed E-state index contributed by atoms with van der Waals surface area (Å²) >= 11 is 0. The Morgan fingerprint density at radius 2 is 2.31 bits per heavy atom. The summed E-state index contributed by atoms with van der Waals surface area (Å²) in [6.45, 7) is 9.56. The molecule has 2 N–H and O–H groups in total. The van der Waals surface area contributed by atoms with Gasteiger partial charge in [-0.15, -0.1) is 5.10 Å². The van der Waals surface area contributed by atoms with E-state index in [1.165, 1.54) is 31.4 Å². The number of hydrogen-bond acceptors (Lipinski definition) is 6. The van der Waals surface area contributed by atoms with Crippen molar-refractivity contribution in [2.24, 2.45) is 5.92 Å². The Kier molecular flexibility index (Phi) is 6.56. The Bertz CT molecular complexity index is 807.